The number of hydrogen-bond acceptors (Lipinski definition) is 8. The number of aliphatic imine (C=N–C) groups is 1. The van der Waals surface area contributed by atoms with E-state index in [-0.39, 0.29) is 24.7 Å². The van der Waals surface area contributed by atoms with Crippen molar-refractivity contribution in [1.29, 1.82) is 0 Å². The SMILES string of the molecule is CCOC(=O)COc1c(Br)cc(/C=C2/SC(=Nc3ccc(C(=O)O)cc3)N(C)C2=O)cc1OC. The molecule has 0 radical (unpaired) electrons. The van der Waals surface area contributed by atoms with Crippen LogP contribution in [0.4, 0.5) is 5.69 Å². The lowest BCUT2D eigenvalue weighted by atomic mass is 10.2. The van der Waals surface area contributed by atoms with Crippen LogP contribution in [-0.2, 0) is 14.3 Å². The molecule has 2 aromatic carbocycles. The third-order valence-electron chi connectivity index (χ3n) is 4.53. The van der Waals surface area contributed by atoms with Crippen molar-refractivity contribution in [3.63, 3.8) is 0 Å². The van der Waals surface area contributed by atoms with E-state index in [0.717, 1.165) is 0 Å². The molecular weight excluding hydrogens is 528 g/mol. The third-order valence-corrected chi connectivity index (χ3v) is 6.18. The minimum atomic E-state index is -1.02. The molecular formula is C23H21BrN2O7S. The summed E-state index contributed by atoms with van der Waals surface area (Å²) in [4.78, 5) is 41.7. The number of aromatic carboxylic acids is 1. The largest absolute Gasteiger partial charge is 0.493 e. The highest BCUT2D eigenvalue weighted by Gasteiger charge is 2.30. The topological polar surface area (TPSA) is 115 Å². The lowest BCUT2D eigenvalue weighted by Gasteiger charge is -2.13. The van der Waals surface area contributed by atoms with Crippen LogP contribution in [0, 0.1) is 0 Å². The number of likely N-dealkylation sites (N-methyl/N-ethyl adjacent to an activating group) is 1. The zero-order valence-electron chi connectivity index (χ0n) is 18.5. The Morgan fingerprint density at radius 1 is 1.24 bits per heavy atom. The summed E-state index contributed by atoms with van der Waals surface area (Å²) in [7, 11) is 3.09. The Labute approximate surface area is 208 Å². The molecule has 9 nitrogen and oxygen atoms in total. The number of nitrogens with zero attached hydrogens (tertiary/aromatic N) is 2. The van der Waals surface area contributed by atoms with E-state index in [9.17, 15) is 14.4 Å². The quantitative estimate of drug-likeness (QED) is 0.382. The normalized spacial score (nSPS) is 15.6. The highest BCUT2D eigenvalue weighted by molar-refractivity contribution is 9.10. The van der Waals surface area contributed by atoms with Gasteiger partial charge in [0.2, 0.25) is 0 Å². The average molecular weight is 549 g/mol. The number of methoxy groups -OCH3 is 1. The van der Waals surface area contributed by atoms with Crippen LogP contribution in [0.25, 0.3) is 6.08 Å². The molecule has 1 heterocycles. The number of amidine groups is 1. The van der Waals surface area contributed by atoms with Gasteiger partial charge in [0, 0.05) is 7.05 Å². The van der Waals surface area contributed by atoms with Gasteiger partial charge in [-0.25, -0.2) is 14.6 Å². The number of ether oxygens (including phenoxy) is 3. The van der Waals surface area contributed by atoms with E-state index in [0.29, 0.717) is 37.3 Å². The van der Waals surface area contributed by atoms with E-state index in [1.54, 1.807) is 44.3 Å². The molecule has 1 aliphatic rings. The summed E-state index contributed by atoms with van der Waals surface area (Å²) in [6.07, 6.45) is 1.70. The number of carbonyl (C=O) groups excluding carboxylic acids is 2. The van der Waals surface area contributed by atoms with E-state index < -0.39 is 11.9 Å². The molecule has 3 rings (SSSR count). The molecule has 2 aromatic rings. The highest BCUT2D eigenvalue weighted by Crippen LogP contribution is 2.39. The first-order valence-electron chi connectivity index (χ1n) is 9.99. The van der Waals surface area contributed by atoms with Gasteiger partial charge in [0.05, 0.1) is 34.3 Å². The maximum absolute atomic E-state index is 12.8. The molecule has 0 atom stereocenters. The minimum absolute atomic E-state index is 0.155. The van der Waals surface area contributed by atoms with Gasteiger partial charge in [-0.05, 0) is 82.7 Å². The Bertz CT molecular complexity index is 1180. The number of hydrogen-bond donors (Lipinski definition) is 1. The second kappa shape index (κ2) is 11.2. The molecule has 0 aromatic heterocycles. The third kappa shape index (κ3) is 5.97. The number of amides is 1. The first-order chi connectivity index (χ1) is 16.2. The maximum atomic E-state index is 12.8. The van der Waals surface area contributed by atoms with Gasteiger partial charge >= 0.3 is 11.9 Å². The smallest absolute Gasteiger partial charge is 0.344 e. The lowest BCUT2D eigenvalue weighted by molar-refractivity contribution is -0.145. The van der Waals surface area contributed by atoms with E-state index in [1.165, 1.54) is 35.9 Å². The van der Waals surface area contributed by atoms with Crippen LogP contribution >= 0.6 is 27.7 Å². The molecule has 0 unspecified atom stereocenters. The molecule has 1 fully saturated rings. The Morgan fingerprint density at radius 3 is 2.56 bits per heavy atom. The first kappa shape index (κ1) is 25.3. The minimum Gasteiger partial charge on any atom is -0.493 e. The van der Waals surface area contributed by atoms with Crippen LogP contribution < -0.4 is 9.47 Å². The number of rotatable bonds is 8. The van der Waals surface area contributed by atoms with Gasteiger partial charge in [0.1, 0.15) is 0 Å². The fraction of sp³-hybridized carbons (Fsp3) is 0.217. The van der Waals surface area contributed by atoms with Crippen molar-refractivity contribution in [2.75, 3.05) is 27.4 Å². The van der Waals surface area contributed by atoms with E-state index in [1.807, 2.05) is 0 Å². The van der Waals surface area contributed by atoms with Crippen molar-refractivity contribution >= 4 is 62.5 Å². The second-order valence-corrected chi connectivity index (χ2v) is 8.71. The molecule has 178 valence electrons. The number of carbonyl (C=O) groups is 3. The molecule has 1 saturated heterocycles. The van der Waals surface area contributed by atoms with Crippen molar-refractivity contribution in [2.24, 2.45) is 4.99 Å². The van der Waals surface area contributed by atoms with E-state index >= 15 is 0 Å². The Hall–Kier alpha value is -3.31. The number of carboxylic acids is 1. The van der Waals surface area contributed by atoms with Crippen molar-refractivity contribution in [2.45, 2.75) is 6.92 Å². The summed E-state index contributed by atoms with van der Waals surface area (Å²) in [6.45, 7) is 1.70. The highest BCUT2D eigenvalue weighted by atomic mass is 79.9. The van der Waals surface area contributed by atoms with Gasteiger partial charge in [0.25, 0.3) is 5.91 Å². The molecule has 0 aliphatic carbocycles. The first-order valence-corrected chi connectivity index (χ1v) is 11.6. The van der Waals surface area contributed by atoms with Gasteiger partial charge in [0.15, 0.2) is 23.3 Å². The molecule has 11 heteroatoms. The summed E-state index contributed by atoms with van der Waals surface area (Å²) in [5, 5.41) is 9.48. The standard InChI is InChI=1S/C23H21BrN2O7S/c1-4-32-19(27)12-33-20-16(24)9-13(10-17(20)31-3)11-18-21(28)26(2)23(34-18)25-15-7-5-14(6-8-15)22(29)30/h5-11H,4,12H2,1-3H3,(H,29,30)/b18-11+,25-23?. The van der Waals surface area contributed by atoms with Crippen LogP contribution in [0.5, 0.6) is 11.5 Å². The van der Waals surface area contributed by atoms with Gasteiger partial charge in [-0.3, -0.25) is 9.69 Å². The van der Waals surface area contributed by atoms with Crippen molar-refractivity contribution < 1.29 is 33.7 Å². The lowest BCUT2D eigenvalue weighted by Crippen LogP contribution is -2.23. The van der Waals surface area contributed by atoms with Crippen molar-refractivity contribution in [3.05, 3.63) is 56.9 Å². The number of halogens is 1. The molecule has 1 N–H and O–H groups in total. The maximum Gasteiger partial charge on any atom is 0.344 e. The predicted molar refractivity (Wildman–Crippen MR) is 132 cm³/mol. The Balaban J connectivity index is 1.83. The van der Waals surface area contributed by atoms with Crippen LogP contribution in [0.15, 0.2) is 50.8 Å². The summed E-state index contributed by atoms with van der Waals surface area (Å²) in [6, 6.07) is 9.49. The number of carboxylic acid groups (broad SMARTS) is 1. The summed E-state index contributed by atoms with van der Waals surface area (Å²) < 4.78 is 16.3. The fourth-order valence-electron chi connectivity index (χ4n) is 2.89. The Kier molecular flexibility index (Phi) is 8.35. The van der Waals surface area contributed by atoms with E-state index in [4.69, 9.17) is 19.3 Å². The van der Waals surface area contributed by atoms with Crippen molar-refractivity contribution in [3.8, 4) is 11.5 Å². The molecule has 0 bridgehead atoms. The summed E-state index contributed by atoms with van der Waals surface area (Å²) in [5.41, 5.74) is 1.35. The van der Waals surface area contributed by atoms with Crippen LogP contribution in [0.2, 0.25) is 0 Å². The fourth-order valence-corrected chi connectivity index (χ4v) is 4.45. The zero-order chi connectivity index (χ0) is 24.8. The van der Waals surface area contributed by atoms with Gasteiger partial charge in [-0.15, -0.1) is 0 Å². The van der Waals surface area contributed by atoms with Crippen LogP contribution in [-0.4, -0.2) is 60.4 Å². The van der Waals surface area contributed by atoms with Gasteiger partial charge < -0.3 is 19.3 Å². The predicted octanol–water partition coefficient (Wildman–Crippen LogP) is 4.33. The van der Waals surface area contributed by atoms with Crippen LogP contribution in [0.1, 0.15) is 22.8 Å². The molecule has 1 amide bonds. The summed E-state index contributed by atoms with van der Waals surface area (Å²) >= 11 is 4.62. The number of thioether (sulfide) groups is 1. The Morgan fingerprint density at radius 2 is 1.94 bits per heavy atom. The summed E-state index contributed by atoms with van der Waals surface area (Å²) in [5.74, 6) is -1.04. The molecule has 34 heavy (non-hydrogen) atoms. The monoisotopic (exact) mass is 548 g/mol. The van der Waals surface area contributed by atoms with Crippen LogP contribution in [0.3, 0.4) is 0 Å². The number of esters is 1. The second-order valence-electron chi connectivity index (χ2n) is 6.85. The van der Waals surface area contributed by atoms with Gasteiger partial charge in [-0.1, -0.05) is 0 Å². The van der Waals surface area contributed by atoms with E-state index in [2.05, 4.69) is 20.9 Å². The molecule has 1 aliphatic heterocycles. The number of benzene rings is 2. The average Bonchev–Trinajstić information content (AvgIpc) is 3.06. The molecule has 0 spiro atoms. The van der Waals surface area contributed by atoms with Gasteiger partial charge in [-0.2, -0.15) is 0 Å². The molecule has 0 saturated carbocycles. The zero-order valence-corrected chi connectivity index (χ0v) is 20.9. The van der Waals surface area contributed by atoms with Crippen molar-refractivity contribution in [1.82, 2.24) is 4.90 Å².